The number of benzene rings is 1. The highest BCUT2D eigenvalue weighted by Gasteiger charge is 2.67. The first-order valence-corrected chi connectivity index (χ1v) is 8.17. The molecule has 9 heteroatoms. The molecule has 0 saturated heterocycles. The van der Waals surface area contributed by atoms with Gasteiger partial charge in [-0.15, -0.1) is 6.58 Å². The van der Waals surface area contributed by atoms with Crippen molar-refractivity contribution in [2.24, 2.45) is 4.99 Å². The number of amides is 2. The molecule has 1 atom stereocenters. The minimum absolute atomic E-state index is 0.127. The molecule has 1 aliphatic heterocycles. The van der Waals surface area contributed by atoms with Crippen molar-refractivity contribution in [1.29, 1.82) is 0 Å². The van der Waals surface area contributed by atoms with E-state index in [0.29, 0.717) is 5.56 Å². The number of carbonyl (C=O) groups is 2. The van der Waals surface area contributed by atoms with E-state index in [1.54, 1.807) is 23.5 Å². The topological polar surface area (TPSA) is 74.7 Å². The second-order valence-electron chi connectivity index (χ2n) is 5.91. The van der Waals surface area contributed by atoms with E-state index in [0.717, 1.165) is 11.1 Å². The fraction of sp³-hybridized carbons (Fsp3) is 0.158. The molecule has 2 amide bonds. The average molecular weight is 388 g/mol. The van der Waals surface area contributed by atoms with E-state index >= 15 is 0 Å². The van der Waals surface area contributed by atoms with E-state index in [2.05, 4.69) is 16.6 Å². The molecule has 3 rings (SSSR count). The molecule has 0 unspecified atom stereocenters. The molecule has 0 fully saturated rings. The number of rotatable bonds is 5. The fourth-order valence-electron chi connectivity index (χ4n) is 2.74. The third kappa shape index (κ3) is 3.26. The number of hydrogen-bond acceptors (Lipinski definition) is 4. The Morgan fingerprint density at radius 3 is 2.50 bits per heavy atom. The second-order valence-corrected chi connectivity index (χ2v) is 5.91. The second kappa shape index (κ2) is 7.26. The lowest BCUT2D eigenvalue weighted by atomic mass is 10.1. The van der Waals surface area contributed by atoms with Crippen molar-refractivity contribution in [2.45, 2.75) is 11.8 Å². The third-order valence-corrected chi connectivity index (χ3v) is 4.06. The summed E-state index contributed by atoms with van der Waals surface area (Å²) in [4.78, 5) is 33.4. The van der Waals surface area contributed by atoms with Crippen molar-refractivity contribution >= 4 is 17.6 Å². The molecule has 0 radical (unpaired) electrons. The first kappa shape index (κ1) is 19.3. The minimum Gasteiger partial charge on any atom is -0.312 e. The fourth-order valence-corrected chi connectivity index (χ4v) is 2.74. The molecule has 2 heterocycles. The summed E-state index contributed by atoms with van der Waals surface area (Å²) >= 11 is 0. The molecule has 0 saturated carbocycles. The number of alkyl halides is 3. The van der Waals surface area contributed by atoms with E-state index in [1.807, 2.05) is 0 Å². The summed E-state index contributed by atoms with van der Waals surface area (Å²) in [5.41, 5.74) is -3.26. The van der Waals surface area contributed by atoms with Crippen LogP contribution in [0.2, 0.25) is 0 Å². The van der Waals surface area contributed by atoms with Crippen LogP contribution in [0.25, 0.3) is 0 Å². The summed E-state index contributed by atoms with van der Waals surface area (Å²) in [7, 11) is 0. The van der Waals surface area contributed by atoms with E-state index in [-0.39, 0.29) is 17.9 Å². The van der Waals surface area contributed by atoms with Gasteiger partial charge >= 0.3 is 11.8 Å². The van der Waals surface area contributed by atoms with Crippen molar-refractivity contribution in [1.82, 2.24) is 15.2 Å². The van der Waals surface area contributed by atoms with Gasteiger partial charge in [0.1, 0.15) is 5.84 Å². The van der Waals surface area contributed by atoms with Gasteiger partial charge in [-0.05, 0) is 12.1 Å². The summed E-state index contributed by atoms with van der Waals surface area (Å²) in [6, 6.07) is 10.6. The monoisotopic (exact) mass is 388 g/mol. The lowest BCUT2D eigenvalue weighted by Crippen LogP contribution is -2.63. The van der Waals surface area contributed by atoms with Gasteiger partial charge in [-0.2, -0.15) is 13.2 Å². The van der Waals surface area contributed by atoms with Crippen LogP contribution in [0.4, 0.5) is 13.2 Å². The number of pyridine rings is 1. The highest BCUT2D eigenvalue weighted by atomic mass is 19.4. The van der Waals surface area contributed by atoms with Gasteiger partial charge in [0.25, 0.3) is 11.8 Å². The van der Waals surface area contributed by atoms with Gasteiger partial charge in [0.2, 0.25) is 0 Å². The highest BCUT2D eigenvalue weighted by molar-refractivity contribution is 6.16. The molecule has 0 spiro atoms. The van der Waals surface area contributed by atoms with E-state index in [9.17, 15) is 22.8 Å². The molecule has 2 aromatic rings. The Bertz CT molecular complexity index is 929. The lowest BCUT2D eigenvalue weighted by Gasteiger charge is -2.28. The normalized spacial score (nSPS) is 19.3. The maximum atomic E-state index is 14.0. The van der Waals surface area contributed by atoms with Crippen LogP contribution < -0.4 is 5.32 Å². The van der Waals surface area contributed by atoms with E-state index < -0.39 is 23.7 Å². The number of carbonyl (C=O) groups excluding carboxylic acids is 2. The van der Waals surface area contributed by atoms with Crippen LogP contribution in [0.15, 0.2) is 72.5 Å². The molecule has 28 heavy (non-hydrogen) atoms. The molecule has 1 aliphatic rings. The van der Waals surface area contributed by atoms with Gasteiger partial charge in [0, 0.05) is 24.5 Å². The minimum atomic E-state index is -5.17. The van der Waals surface area contributed by atoms with Crippen molar-refractivity contribution in [3.8, 4) is 0 Å². The molecule has 0 bridgehead atoms. The Kier molecular flexibility index (Phi) is 5.00. The van der Waals surface area contributed by atoms with Gasteiger partial charge in [-0.1, -0.05) is 36.4 Å². The Balaban J connectivity index is 2.11. The lowest BCUT2D eigenvalue weighted by molar-refractivity contribution is -0.196. The van der Waals surface area contributed by atoms with Crippen molar-refractivity contribution in [3.05, 3.63) is 78.6 Å². The first-order chi connectivity index (χ1) is 13.3. The molecular formula is C19H15F3N4O2. The quantitative estimate of drug-likeness (QED) is 0.800. The largest absolute Gasteiger partial charge is 0.442 e. The zero-order chi connectivity index (χ0) is 20.4. The van der Waals surface area contributed by atoms with Gasteiger partial charge in [0.05, 0.1) is 5.56 Å². The number of nitrogens with one attached hydrogen (secondary N) is 1. The summed E-state index contributed by atoms with van der Waals surface area (Å²) in [6.45, 7) is 3.28. The number of halogens is 3. The van der Waals surface area contributed by atoms with E-state index in [4.69, 9.17) is 0 Å². The Hall–Kier alpha value is -3.49. The highest BCUT2D eigenvalue weighted by Crippen LogP contribution is 2.38. The number of hydrogen-bond donors (Lipinski definition) is 1. The Labute approximate surface area is 158 Å². The van der Waals surface area contributed by atoms with Gasteiger partial charge < -0.3 is 5.32 Å². The van der Waals surface area contributed by atoms with Crippen LogP contribution in [-0.4, -0.2) is 45.9 Å². The van der Waals surface area contributed by atoms with Crippen LogP contribution in [0.3, 0.4) is 0 Å². The zero-order valence-corrected chi connectivity index (χ0v) is 14.5. The SMILES string of the molecule is C=CCN1C(=O)[C@](NC(=O)c2cccnc2)(C(F)(F)F)N=C1c1ccccc1. The van der Waals surface area contributed by atoms with Crippen molar-refractivity contribution < 1.29 is 22.8 Å². The van der Waals surface area contributed by atoms with Crippen LogP contribution in [0.1, 0.15) is 15.9 Å². The molecule has 1 aromatic carbocycles. The Morgan fingerprint density at radius 1 is 1.21 bits per heavy atom. The van der Waals surface area contributed by atoms with Crippen LogP contribution in [0.5, 0.6) is 0 Å². The molecule has 0 aliphatic carbocycles. The standard InChI is InChI=1S/C19H15F3N4O2/c1-2-11-26-15(13-7-4-3-5-8-13)24-18(17(26)28,19(20,21)22)25-16(27)14-9-6-10-23-12-14/h2-10,12H,1,11H2,(H,25,27)/t18-/m0/s1. The predicted octanol–water partition coefficient (Wildman–Crippen LogP) is 2.54. The number of aliphatic imine (C=N–C) groups is 1. The molecule has 1 N–H and O–H groups in total. The molecule has 1 aromatic heterocycles. The summed E-state index contributed by atoms with van der Waals surface area (Å²) in [6.07, 6.45) is -1.42. The predicted molar refractivity (Wildman–Crippen MR) is 95.4 cm³/mol. The molecular weight excluding hydrogens is 373 g/mol. The van der Waals surface area contributed by atoms with Crippen LogP contribution >= 0.6 is 0 Å². The average Bonchev–Trinajstić information content (AvgIpc) is 2.97. The van der Waals surface area contributed by atoms with Gasteiger partial charge in [-0.3, -0.25) is 19.5 Å². The summed E-state index contributed by atoms with van der Waals surface area (Å²) in [5, 5.41) is 1.77. The van der Waals surface area contributed by atoms with Gasteiger partial charge in [0.15, 0.2) is 0 Å². The zero-order valence-electron chi connectivity index (χ0n) is 14.5. The van der Waals surface area contributed by atoms with Crippen LogP contribution in [0, 0.1) is 0 Å². The number of nitrogens with zero attached hydrogens (tertiary/aromatic N) is 3. The summed E-state index contributed by atoms with van der Waals surface area (Å²) in [5.74, 6) is -2.72. The van der Waals surface area contributed by atoms with Crippen LogP contribution in [-0.2, 0) is 4.79 Å². The number of aromatic nitrogens is 1. The van der Waals surface area contributed by atoms with Crippen molar-refractivity contribution in [3.63, 3.8) is 0 Å². The molecule has 6 nitrogen and oxygen atoms in total. The third-order valence-electron chi connectivity index (χ3n) is 4.06. The molecule has 144 valence electrons. The van der Waals surface area contributed by atoms with E-state index in [1.165, 1.54) is 36.5 Å². The first-order valence-electron chi connectivity index (χ1n) is 8.17. The van der Waals surface area contributed by atoms with Gasteiger partial charge in [-0.25, -0.2) is 4.99 Å². The number of amidine groups is 1. The summed E-state index contributed by atoms with van der Waals surface area (Å²) < 4.78 is 42.1. The Morgan fingerprint density at radius 2 is 1.93 bits per heavy atom. The maximum absolute atomic E-state index is 14.0. The van der Waals surface area contributed by atoms with Crippen molar-refractivity contribution in [2.75, 3.05) is 6.54 Å². The smallest absolute Gasteiger partial charge is 0.312 e. The maximum Gasteiger partial charge on any atom is 0.442 e.